The summed E-state index contributed by atoms with van der Waals surface area (Å²) < 4.78 is 10.2. The Balaban J connectivity index is 2.63. The predicted octanol–water partition coefficient (Wildman–Crippen LogP) is 1.95. The molecule has 0 aliphatic carbocycles. The molecule has 0 atom stereocenters. The van der Waals surface area contributed by atoms with E-state index < -0.39 is 0 Å². The van der Waals surface area contributed by atoms with E-state index in [-0.39, 0.29) is 5.76 Å². The summed E-state index contributed by atoms with van der Waals surface area (Å²) in [6.45, 7) is 1.94. The fraction of sp³-hybridized carbons (Fsp3) is 0.273. The van der Waals surface area contributed by atoms with Gasteiger partial charge in [-0.05, 0) is 17.7 Å². The molecule has 14 heavy (non-hydrogen) atoms. The Hall–Kier alpha value is -1.73. The molecule has 0 N–H and O–H groups in total. The highest BCUT2D eigenvalue weighted by Gasteiger charge is 1.96. The van der Waals surface area contributed by atoms with E-state index in [2.05, 4.69) is 0 Å². The van der Waals surface area contributed by atoms with Gasteiger partial charge in [0.15, 0.2) is 11.7 Å². The van der Waals surface area contributed by atoms with Gasteiger partial charge in [-0.3, -0.25) is 0 Å². The first kappa shape index (κ1) is 10.4. The van der Waals surface area contributed by atoms with Crippen molar-refractivity contribution in [2.75, 3.05) is 7.11 Å². The lowest BCUT2D eigenvalue weighted by molar-refractivity contribution is 0.203. The summed E-state index contributed by atoms with van der Waals surface area (Å²) in [5, 5.41) is 0. The Morgan fingerprint density at radius 2 is 2.29 bits per heavy atom. The van der Waals surface area contributed by atoms with Gasteiger partial charge in [-0.15, -0.1) is 0 Å². The number of hydrogen-bond donors (Lipinski definition) is 0. The van der Waals surface area contributed by atoms with Gasteiger partial charge in [0.2, 0.25) is 0 Å². The van der Waals surface area contributed by atoms with Gasteiger partial charge in [-0.2, -0.15) is 0 Å². The van der Waals surface area contributed by atoms with Crippen LogP contribution in [0.5, 0.6) is 5.75 Å². The molecule has 0 unspecified atom stereocenters. The third-order valence-electron chi connectivity index (χ3n) is 1.73. The summed E-state index contributed by atoms with van der Waals surface area (Å²) in [5.74, 6) is 2.71. The molecule has 0 amide bonds. The molecular formula is C11H12O3. The number of ether oxygens (including phenoxy) is 2. The Kier molecular flexibility index (Phi) is 3.77. The van der Waals surface area contributed by atoms with Crippen molar-refractivity contribution in [1.82, 2.24) is 0 Å². The molecule has 1 aromatic carbocycles. The van der Waals surface area contributed by atoms with Crippen molar-refractivity contribution < 1.29 is 14.3 Å². The number of rotatable bonds is 4. The van der Waals surface area contributed by atoms with Crippen LogP contribution in [0.15, 0.2) is 30.0 Å². The van der Waals surface area contributed by atoms with Crippen LogP contribution in [0.3, 0.4) is 0 Å². The first-order valence-corrected chi connectivity index (χ1v) is 4.23. The number of methoxy groups -OCH3 is 1. The molecule has 0 aromatic heterocycles. The molecule has 0 heterocycles. The van der Waals surface area contributed by atoms with Crippen molar-refractivity contribution in [3.8, 4) is 5.75 Å². The van der Waals surface area contributed by atoms with Gasteiger partial charge in [0.05, 0.1) is 7.11 Å². The standard InChI is InChI=1S/C11H12O3/c1-9(7-12)14-8-10-4-3-5-11(6-10)13-2/h3-6H,8H2,1-2H3. The summed E-state index contributed by atoms with van der Waals surface area (Å²) in [6.07, 6.45) is 0. The van der Waals surface area contributed by atoms with E-state index in [0.29, 0.717) is 6.61 Å². The van der Waals surface area contributed by atoms with E-state index in [1.54, 1.807) is 20.0 Å². The molecule has 1 aromatic rings. The maximum Gasteiger partial charge on any atom is 0.176 e. The smallest absolute Gasteiger partial charge is 0.176 e. The van der Waals surface area contributed by atoms with Crippen molar-refractivity contribution >= 4 is 5.94 Å². The lowest BCUT2D eigenvalue weighted by atomic mass is 10.2. The Bertz CT molecular complexity index is 351. The molecule has 3 nitrogen and oxygen atoms in total. The quantitative estimate of drug-likeness (QED) is 0.540. The minimum atomic E-state index is 0.257. The molecular weight excluding hydrogens is 180 g/mol. The number of allylic oxidation sites excluding steroid dienone is 1. The van der Waals surface area contributed by atoms with Gasteiger partial charge in [0, 0.05) is 6.92 Å². The minimum Gasteiger partial charge on any atom is -0.497 e. The fourth-order valence-electron chi connectivity index (χ4n) is 0.983. The second-order valence-electron chi connectivity index (χ2n) is 2.80. The van der Waals surface area contributed by atoms with E-state index in [9.17, 15) is 4.79 Å². The Morgan fingerprint density at radius 1 is 1.50 bits per heavy atom. The van der Waals surface area contributed by atoms with Crippen LogP contribution < -0.4 is 4.74 Å². The normalized spacial score (nSPS) is 9.00. The topological polar surface area (TPSA) is 35.5 Å². The van der Waals surface area contributed by atoms with E-state index in [1.807, 2.05) is 24.3 Å². The van der Waals surface area contributed by atoms with Crippen molar-refractivity contribution in [1.29, 1.82) is 0 Å². The lowest BCUT2D eigenvalue weighted by Crippen LogP contribution is -1.92. The molecule has 74 valence electrons. The average Bonchev–Trinajstić information content (AvgIpc) is 2.26. The molecule has 0 saturated heterocycles. The maximum atomic E-state index is 10.1. The molecule has 0 bridgehead atoms. The lowest BCUT2D eigenvalue weighted by Gasteiger charge is -2.05. The zero-order valence-electron chi connectivity index (χ0n) is 8.24. The predicted molar refractivity (Wildman–Crippen MR) is 52.7 cm³/mol. The largest absolute Gasteiger partial charge is 0.497 e. The zero-order valence-corrected chi connectivity index (χ0v) is 8.24. The van der Waals surface area contributed by atoms with Crippen LogP contribution >= 0.6 is 0 Å². The second kappa shape index (κ2) is 5.10. The van der Waals surface area contributed by atoms with Crippen LogP contribution in [-0.2, 0) is 16.1 Å². The molecule has 0 saturated carbocycles. The summed E-state index contributed by atoms with van der Waals surface area (Å²) >= 11 is 0. The average molecular weight is 192 g/mol. The van der Waals surface area contributed by atoms with Crippen LogP contribution in [0, 0.1) is 0 Å². The van der Waals surface area contributed by atoms with Gasteiger partial charge in [0.1, 0.15) is 12.4 Å². The second-order valence-corrected chi connectivity index (χ2v) is 2.80. The van der Waals surface area contributed by atoms with E-state index in [0.717, 1.165) is 11.3 Å². The van der Waals surface area contributed by atoms with Crippen molar-refractivity contribution in [3.05, 3.63) is 35.6 Å². The van der Waals surface area contributed by atoms with Crippen molar-refractivity contribution in [2.24, 2.45) is 0 Å². The van der Waals surface area contributed by atoms with Crippen LogP contribution in [-0.4, -0.2) is 13.1 Å². The summed E-state index contributed by atoms with van der Waals surface area (Å²) in [5.41, 5.74) is 0.957. The van der Waals surface area contributed by atoms with Crippen LogP contribution in [0.2, 0.25) is 0 Å². The molecule has 0 aliphatic heterocycles. The first-order valence-electron chi connectivity index (χ1n) is 4.23. The summed E-state index contributed by atoms with van der Waals surface area (Å²) in [7, 11) is 1.61. The molecule has 0 fully saturated rings. The van der Waals surface area contributed by atoms with Gasteiger partial charge >= 0.3 is 0 Å². The van der Waals surface area contributed by atoms with Crippen LogP contribution in [0.1, 0.15) is 12.5 Å². The molecule has 0 spiro atoms. The van der Waals surface area contributed by atoms with Gasteiger partial charge in [-0.25, -0.2) is 4.79 Å². The van der Waals surface area contributed by atoms with Crippen molar-refractivity contribution in [3.63, 3.8) is 0 Å². The van der Waals surface area contributed by atoms with E-state index in [1.165, 1.54) is 0 Å². The van der Waals surface area contributed by atoms with Gasteiger partial charge in [0.25, 0.3) is 0 Å². The summed E-state index contributed by atoms with van der Waals surface area (Å²) in [6, 6.07) is 7.49. The molecule has 1 rings (SSSR count). The molecule has 3 heteroatoms. The Labute approximate surface area is 83.0 Å². The molecule has 0 radical (unpaired) electrons. The number of benzene rings is 1. The third kappa shape index (κ3) is 2.96. The molecule has 0 aliphatic rings. The highest BCUT2D eigenvalue weighted by Crippen LogP contribution is 2.13. The monoisotopic (exact) mass is 192 g/mol. The minimum absolute atomic E-state index is 0.257. The third-order valence-corrected chi connectivity index (χ3v) is 1.73. The first-order chi connectivity index (χ1) is 6.76. The van der Waals surface area contributed by atoms with Crippen molar-refractivity contribution in [2.45, 2.75) is 13.5 Å². The van der Waals surface area contributed by atoms with Gasteiger partial charge in [-0.1, -0.05) is 12.1 Å². The van der Waals surface area contributed by atoms with E-state index >= 15 is 0 Å². The van der Waals surface area contributed by atoms with E-state index in [4.69, 9.17) is 9.47 Å². The van der Waals surface area contributed by atoms with Gasteiger partial charge < -0.3 is 9.47 Å². The number of carbonyl (C=O) groups excluding carboxylic acids is 1. The number of hydrogen-bond acceptors (Lipinski definition) is 3. The maximum absolute atomic E-state index is 10.1. The highest BCUT2D eigenvalue weighted by molar-refractivity contribution is 5.48. The Morgan fingerprint density at radius 3 is 2.93 bits per heavy atom. The fourth-order valence-corrected chi connectivity index (χ4v) is 0.983. The summed E-state index contributed by atoms with van der Waals surface area (Å²) in [4.78, 5) is 10.1. The SMILES string of the molecule is COc1cccc(COC(C)=C=O)c1. The van der Waals surface area contributed by atoms with Crippen LogP contribution in [0.25, 0.3) is 0 Å². The highest BCUT2D eigenvalue weighted by atomic mass is 16.5. The zero-order chi connectivity index (χ0) is 10.4. The van der Waals surface area contributed by atoms with Crippen LogP contribution in [0.4, 0.5) is 0 Å².